The van der Waals surface area contributed by atoms with E-state index in [4.69, 9.17) is 4.74 Å². The Labute approximate surface area is 156 Å². The number of nitrogens with one attached hydrogen (secondary N) is 2. The normalized spacial score (nSPS) is 10.9. The summed E-state index contributed by atoms with van der Waals surface area (Å²) in [6.07, 6.45) is 3.46. The Morgan fingerprint density at radius 2 is 2.04 bits per heavy atom. The molecule has 0 saturated carbocycles. The van der Waals surface area contributed by atoms with Crippen molar-refractivity contribution in [2.45, 2.75) is 6.54 Å². The molecule has 4 aromatic rings. The molecule has 0 saturated heterocycles. The van der Waals surface area contributed by atoms with Crippen LogP contribution in [0.15, 0.2) is 55.0 Å². The predicted molar refractivity (Wildman–Crippen MR) is 102 cm³/mol. The first-order valence-electron chi connectivity index (χ1n) is 8.51. The summed E-state index contributed by atoms with van der Waals surface area (Å²) >= 11 is 0. The highest BCUT2D eigenvalue weighted by atomic mass is 16.5. The third kappa shape index (κ3) is 3.27. The second-order valence-electron chi connectivity index (χ2n) is 6.24. The molecule has 0 fully saturated rings. The number of methoxy groups -OCH3 is 1. The first kappa shape index (κ1) is 16.8. The van der Waals surface area contributed by atoms with Crippen LogP contribution in [0.1, 0.15) is 15.9 Å². The number of nitrogens with zero attached hydrogens (tertiary/aromatic N) is 3. The number of benzene rings is 2. The van der Waals surface area contributed by atoms with Gasteiger partial charge in [0.2, 0.25) is 0 Å². The number of ether oxygens (including phenoxy) is 1. The van der Waals surface area contributed by atoms with Gasteiger partial charge in [0.25, 0.3) is 5.91 Å². The molecule has 0 aliphatic rings. The van der Waals surface area contributed by atoms with Crippen LogP contribution in [0.5, 0.6) is 5.75 Å². The fraction of sp³-hybridized carbons (Fsp3) is 0.150. The minimum atomic E-state index is -0.149. The molecule has 136 valence electrons. The molecule has 0 spiro atoms. The van der Waals surface area contributed by atoms with E-state index in [9.17, 15) is 4.79 Å². The van der Waals surface area contributed by atoms with Crippen molar-refractivity contribution in [3.63, 3.8) is 0 Å². The molecule has 7 heteroatoms. The van der Waals surface area contributed by atoms with E-state index in [-0.39, 0.29) is 5.91 Å². The lowest BCUT2D eigenvalue weighted by Crippen LogP contribution is -2.22. The van der Waals surface area contributed by atoms with Crippen LogP contribution >= 0.6 is 0 Å². The van der Waals surface area contributed by atoms with Crippen LogP contribution in [0.4, 0.5) is 0 Å². The molecular formula is C20H19N5O2. The topological polar surface area (TPSA) is 84.8 Å². The monoisotopic (exact) mass is 361 g/mol. The lowest BCUT2D eigenvalue weighted by molar-refractivity contribution is 0.0951. The van der Waals surface area contributed by atoms with Gasteiger partial charge in [-0.05, 0) is 42.5 Å². The molecule has 7 nitrogen and oxygen atoms in total. The third-order valence-electron chi connectivity index (χ3n) is 4.52. The quantitative estimate of drug-likeness (QED) is 0.572. The van der Waals surface area contributed by atoms with Gasteiger partial charge < -0.3 is 14.6 Å². The van der Waals surface area contributed by atoms with Crippen LogP contribution in [0, 0.1) is 0 Å². The Hall–Kier alpha value is -3.61. The SMILES string of the molecule is COc1ccc(-c2[nH]ncc2CNC(=O)c2ccc3c(c2)ncn3C)cc1. The van der Waals surface area contributed by atoms with Gasteiger partial charge in [0, 0.05) is 30.3 Å². The highest BCUT2D eigenvalue weighted by Crippen LogP contribution is 2.23. The maximum absolute atomic E-state index is 12.5. The molecule has 0 unspecified atom stereocenters. The van der Waals surface area contributed by atoms with E-state index in [2.05, 4.69) is 20.5 Å². The number of aromatic nitrogens is 4. The van der Waals surface area contributed by atoms with Gasteiger partial charge in [0.05, 0.1) is 36.4 Å². The van der Waals surface area contributed by atoms with Crippen molar-refractivity contribution in [3.05, 3.63) is 66.1 Å². The highest BCUT2D eigenvalue weighted by Gasteiger charge is 2.12. The lowest BCUT2D eigenvalue weighted by atomic mass is 10.1. The maximum atomic E-state index is 12.5. The van der Waals surface area contributed by atoms with Gasteiger partial charge in [-0.2, -0.15) is 5.10 Å². The maximum Gasteiger partial charge on any atom is 0.251 e. The number of carbonyl (C=O) groups excluding carboxylic acids is 1. The molecule has 2 heterocycles. The van der Waals surface area contributed by atoms with E-state index >= 15 is 0 Å². The average molecular weight is 361 g/mol. The van der Waals surface area contributed by atoms with Crippen molar-refractivity contribution >= 4 is 16.9 Å². The van der Waals surface area contributed by atoms with Crippen molar-refractivity contribution in [2.24, 2.45) is 7.05 Å². The van der Waals surface area contributed by atoms with Crippen LogP contribution in [0.3, 0.4) is 0 Å². The number of fused-ring (bicyclic) bond motifs is 1. The van der Waals surface area contributed by atoms with Gasteiger partial charge in [-0.1, -0.05) is 0 Å². The Bertz CT molecular complexity index is 1100. The highest BCUT2D eigenvalue weighted by molar-refractivity contribution is 5.97. The Kier molecular flexibility index (Phi) is 4.33. The van der Waals surface area contributed by atoms with Crippen LogP contribution in [-0.4, -0.2) is 32.8 Å². The number of hydrogen-bond acceptors (Lipinski definition) is 4. The number of amides is 1. The standard InChI is InChI=1S/C20H19N5O2/c1-25-12-22-17-9-14(5-8-18(17)25)20(26)21-10-15-11-23-24-19(15)13-3-6-16(27-2)7-4-13/h3-9,11-12H,10H2,1-2H3,(H,21,26)(H,23,24). The first-order valence-corrected chi connectivity index (χ1v) is 8.51. The summed E-state index contributed by atoms with van der Waals surface area (Å²) < 4.78 is 7.11. The number of H-pyrrole nitrogens is 1. The first-order chi connectivity index (χ1) is 13.2. The van der Waals surface area contributed by atoms with Gasteiger partial charge in [0.1, 0.15) is 5.75 Å². The Morgan fingerprint density at radius 1 is 1.22 bits per heavy atom. The molecule has 0 aliphatic heterocycles. The molecule has 2 N–H and O–H groups in total. The molecular weight excluding hydrogens is 342 g/mol. The number of hydrogen-bond donors (Lipinski definition) is 2. The fourth-order valence-electron chi connectivity index (χ4n) is 3.01. The third-order valence-corrected chi connectivity index (χ3v) is 4.52. The fourth-order valence-corrected chi connectivity index (χ4v) is 3.01. The smallest absolute Gasteiger partial charge is 0.251 e. The summed E-state index contributed by atoms with van der Waals surface area (Å²) in [5.41, 5.74) is 5.13. The van der Waals surface area contributed by atoms with E-state index in [1.165, 1.54) is 0 Å². The van der Waals surface area contributed by atoms with Crippen LogP contribution in [-0.2, 0) is 13.6 Å². The number of aryl methyl sites for hydroxylation is 1. The number of imidazole rings is 1. The molecule has 0 atom stereocenters. The lowest BCUT2D eigenvalue weighted by Gasteiger charge is -2.07. The van der Waals surface area contributed by atoms with Crippen LogP contribution in [0.2, 0.25) is 0 Å². The number of aromatic amines is 1. The van der Waals surface area contributed by atoms with Crippen molar-refractivity contribution < 1.29 is 9.53 Å². The second kappa shape index (κ2) is 6.95. The van der Waals surface area contributed by atoms with Crippen LogP contribution in [0.25, 0.3) is 22.3 Å². The molecule has 1 amide bonds. The zero-order valence-corrected chi connectivity index (χ0v) is 15.1. The van der Waals surface area contributed by atoms with E-state index in [0.29, 0.717) is 12.1 Å². The Morgan fingerprint density at radius 3 is 2.81 bits per heavy atom. The summed E-state index contributed by atoms with van der Waals surface area (Å²) in [5.74, 6) is 0.641. The summed E-state index contributed by atoms with van der Waals surface area (Å²) in [4.78, 5) is 16.8. The van der Waals surface area contributed by atoms with Crippen molar-refractivity contribution in [1.29, 1.82) is 0 Å². The average Bonchev–Trinajstić information content (AvgIpc) is 3.32. The van der Waals surface area contributed by atoms with Gasteiger partial charge in [-0.25, -0.2) is 4.98 Å². The van der Waals surface area contributed by atoms with E-state index in [0.717, 1.165) is 33.6 Å². The minimum Gasteiger partial charge on any atom is -0.497 e. The van der Waals surface area contributed by atoms with Crippen molar-refractivity contribution in [3.8, 4) is 17.0 Å². The van der Waals surface area contributed by atoms with Gasteiger partial charge in [-0.3, -0.25) is 9.89 Å². The molecule has 2 aromatic heterocycles. The second-order valence-corrected chi connectivity index (χ2v) is 6.24. The van der Waals surface area contributed by atoms with Gasteiger partial charge in [-0.15, -0.1) is 0 Å². The van der Waals surface area contributed by atoms with Gasteiger partial charge >= 0.3 is 0 Å². The predicted octanol–water partition coefficient (Wildman–Crippen LogP) is 2.90. The molecule has 27 heavy (non-hydrogen) atoms. The largest absolute Gasteiger partial charge is 0.497 e. The number of carbonyl (C=O) groups is 1. The van der Waals surface area contributed by atoms with Gasteiger partial charge in [0.15, 0.2) is 0 Å². The summed E-state index contributed by atoms with van der Waals surface area (Å²) in [7, 11) is 3.56. The molecule has 2 aromatic carbocycles. The summed E-state index contributed by atoms with van der Waals surface area (Å²) in [5, 5.41) is 10.1. The number of rotatable bonds is 5. The zero-order chi connectivity index (χ0) is 18.8. The Balaban J connectivity index is 1.49. The molecule has 4 rings (SSSR count). The summed E-state index contributed by atoms with van der Waals surface area (Å²) in [6, 6.07) is 13.2. The van der Waals surface area contributed by atoms with E-state index in [1.54, 1.807) is 31.8 Å². The summed E-state index contributed by atoms with van der Waals surface area (Å²) in [6.45, 7) is 0.372. The molecule has 0 radical (unpaired) electrons. The van der Waals surface area contributed by atoms with Crippen molar-refractivity contribution in [2.75, 3.05) is 7.11 Å². The van der Waals surface area contributed by atoms with E-state index in [1.807, 2.05) is 41.9 Å². The minimum absolute atomic E-state index is 0.149. The van der Waals surface area contributed by atoms with Crippen LogP contribution < -0.4 is 10.1 Å². The van der Waals surface area contributed by atoms with Crippen molar-refractivity contribution in [1.82, 2.24) is 25.1 Å². The molecule has 0 bridgehead atoms. The molecule has 0 aliphatic carbocycles. The zero-order valence-electron chi connectivity index (χ0n) is 15.1. The van der Waals surface area contributed by atoms with E-state index < -0.39 is 0 Å².